The lowest BCUT2D eigenvalue weighted by molar-refractivity contribution is 0.141. The number of sulfonamides is 1. The van der Waals surface area contributed by atoms with Crippen LogP contribution < -0.4 is 5.73 Å². The molecule has 21 heavy (non-hydrogen) atoms. The number of nitrogen functional groups attached to an aromatic ring is 1. The predicted molar refractivity (Wildman–Crippen MR) is 86.6 cm³/mol. The van der Waals surface area contributed by atoms with Crippen LogP contribution >= 0.6 is 0 Å². The van der Waals surface area contributed by atoms with Crippen LogP contribution in [0.3, 0.4) is 0 Å². The molecule has 0 spiro atoms. The molecule has 118 valence electrons. The first-order valence-electron chi connectivity index (χ1n) is 7.70. The topological polar surface area (TPSA) is 63.4 Å². The molecule has 0 unspecified atom stereocenters. The van der Waals surface area contributed by atoms with Crippen molar-refractivity contribution in [1.29, 1.82) is 0 Å². The van der Waals surface area contributed by atoms with E-state index in [2.05, 4.69) is 13.8 Å². The molecule has 1 aromatic carbocycles. The van der Waals surface area contributed by atoms with Crippen molar-refractivity contribution in [2.24, 2.45) is 5.41 Å². The highest BCUT2D eigenvalue weighted by Gasteiger charge is 2.36. The van der Waals surface area contributed by atoms with Gasteiger partial charge in [-0.25, -0.2) is 8.42 Å². The lowest BCUT2D eigenvalue weighted by Gasteiger charge is -2.40. The maximum Gasteiger partial charge on any atom is 0.243 e. The minimum atomic E-state index is -3.42. The minimum absolute atomic E-state index is 0.317. The molecule has 1 saturated heterocycles. The molecule has 1 aliphatic rings. The number of hydrogen-bond acceptors (Lipinski definition) is 3. The summed E-state index contributed by atoms with van der Waals surface area (Å²) >= 11 is 0. The highest BCUT2D eigenvalue weighted by Crippen LogP contribution is 2.39. The van der Waals surface area contributed by atoms with Gasteiger partial charge in [0.15, 0.2) is 0 Å². The summed E-state index contributed by atoms with van der Waals surface area (Å²) < 4.78 is 27.1. The number of hydrogen-bond donors (Lipinski definition) is 1. The molecular formula is C16H26N2O2S. The second kappa shape index (κ2) is 5.97. The van der Waals surface area contributed by atoms with Gasteiger partial charge in [0, 0.05) is 18.8 Å². The fraction of sp³-hybridized carbons (Fsp3) is 0.625. The van der Waals surface area contributed by atoms with Crippen LogP contribution in [0.4, 0.5) is 5.69 Å². The largest absolute Gasteiger partial charge is 0.399 e. The number of nitrogens with two attached hydrogens (primary N) is 1. The Kier molecular flexibility index (Phi) is 4.63. The number of nitrogens with zero attached hydrogens (tertiary/aromatic N) is 1. The van der Waals surface area contributed by atoms with Crippen LogP contribution in [-0.4, -0.2) is 25.8 Å². The average molecular weight is 310 g/mol. The third-order valence-corrected chi connectivity index (χ3v) is 6.87. The van der Waals surface area contributed by atoms with Crippen LogP contribution in [0.15, 0.2) is 23.1 Å². The van der Waals surface area contributed by atoms with E-state index in [0.717, 1.165) is 31.2 Å². The van der Waals surface area contributed by atoms with Gasteiger partial charge >= 0.3 is 0 Å². The first-order valence-corrected chi connectivity index (χ1v) is 9.14. The second-order valence-corrected chi connectivity index (χ2v) is 8.13. The standard InChI is InChI=1S/C16H26N2O2S/c1-4-16(5-2)6-8-18(9-7-16)21(19,20)15-11-13(3)10-14(17)12-15/h10-12H,4-9,17H2,1-3H3. The summed E-state index contributed by atoms with van der Waals surface area (Å²) in [6.07, 6.45) is 4.13. The van der Waals surface area contributed by atoms with E-state index in [9.17, 15) is 8.42 Å². The molecule has 0 bridgehead atoms. The Morgan fingerprint density at radius 1 is 1.14 bits per heavy atom. The zero-order valence-corrected chi connectivity index (χ0v) is 14.0. The summed E-state index contributed by atoms with van der Waals surface area (Å²) in [6, 6.07) is 5.05. The molecule has 2 N–H and O–H groups in total. The van der Waals surface area contributed by atoms with Crippen molar-refractivity contribution < 1.29 is 8.42 Å². The third kappa shape index (κ3) is 3.24. The second-order valence-electron chi connectivity index (χ2n) is 6.19. The molecule has 1 aromatic rings. The molecule has 0 saturated carbocycles. The number of piperidine rings is 1. The molecular weight excluding hydrogens is 284 g/mol. The Labute approximate surface area is 128 Å². The Morgan fingerprint density at radius 3 is 2.19 bits per heavy atom. The van der Waals surface area contributed by atoms with E-state index in [1.165, 1.54) is 0 Å². The first-order chi connectivity index (χ1) is 9.83. The molecule has 0 aromatic heterocycles. The van der Waals surface area contributed by atoms with Gasteiger partial charge in [-0.05, 0) is 48.9 Å². The SMILES string of the molecule is CCC1(CC)CCN(S(=O)(=O)c2cc(C)cc(N)c2)CC1. The normalized spacial score (nSPS) is 19.6. The fourth-order valence-electron chi connectivity index (χ4n) is 3.23. The van der Waals surface area contributed by atoms with E-state index in [1.807, 2.05) is 6.92 Å². The summed E-state index contributed by atoms with van der Waals surface area (Å²) in [5.41, 5.74) is 7.48. The van der Waals surface area contributed by atoms with Crippen LogP contribution in [-0.2, 0) is 10.0 Å². The third-order valence-electron chi connectivity index (χ3n) is 4.99. The number of anilines is 1. The van der Waals surface area contributed by atoms with Crippen LogP contribution in [0.25, 0.3) is 0 Å². The summed E-state index contributed by atoms with van der Waals surface area (Å²) in [4.78, 5) is 0.320. The van der Waals surface area contributed by atoms with E-state index in [4.69, 9.17) is 5.73 Å². The van der Waals surface area contributed by atoms with Gasteiger partial charge in [0.1, 0.15) is 0 Å². The highest BCUT2D eigenvalue weighted by molar-refractivity contribution is 7.89. The number of rotatable bonds is 4. The van der Waals surface area contributed by atoms with Gasteiger partial charge in [-0.2, -0.15) is 4.31 Å². The zero-order chi connectivity index (χ0) is 15.7. The monoisotopic (exact) mass is 310 g/mol. The van der Waals surface area contributed by atoms with Gasteiger partial charge in [-0.1, -0.05) is 26.7 Å². The quantitative estimate of drug-likeness (QED) is 0.869. The van der Waals surface area contributed by atoms with Crippen molar-refractivity contribution in [2.45, 2.75) is 51.3 Å². The van der Waals surface area contributed by atoms with Crippen LogP contribution in [0.1, 0.15) is 45.1 Å². The number of benzene rings is 1. The lowest BCUT2D eigenvalue weighted by atomic mass is 9.75. The molecule has 1 aliphatic heterocycles. The Balaban J connectivity index is 2.22. The zero-order valence-electron chi connectivity index (χ0n) is 13.2. The Morgan fingerprint density at radius 2 is 1.71 bits per heavy atom. The van der Waals surface area contributed by atoms with E-state index >= 15 is 0 Å². The first kappa shape index (κ1) is 16.3. The van der Waals surface area contributed by atoms with E-state index in [1.54, 1.807) is 22.5 Å². The van der Waals surface area contributed by atoms with Crippen molar-refractivity contribution in [3.8, 4) is 0 Å². The van der Waals surface area contributed by atoms with Crippen molar-refractivity contribution >= 4 is 15.7 Å². The van der Waals surface area contributed by atoms with Crippen molar-refractivity contribution in [3.63, 3.8) is 0 Å². The molecule has 0 amide bonds. The molecule has 0 atom stereocenters. The Bertz CT molecular complexity index is 576. The minimum Gasteiger partial charge on any atom is -0.399 e. The van der Waals surface area contributed by atoms with E-state index in [0.29, 0.717) is 29.1 Å². The summed E-state index contributed by atoms with van der Waals surface area (Å²) in [5.74, 6) is 0. The van der Waals surface area contributed by atoms with E-state index < -0.39 is 10.0 Å². The summed E-state index contributed by atoms with van der Waals surface area (Å²) in [5, 5.41) is 0. The van der Waals surface area contributed by atoms with Crippen molar-refractivity contribution in [3.05, 3.63) is 23.8 Å². The molecule has 0 radical (unpaired) electrons. The van der Waals surface area contributed by atoms with Gasteiger partial charge in [0.05, 0.1) is 4.90 Å². The van der Waals surface area contributed by atoms with Crippen molar-refractivity contribution in [1.82, 2.24) is 4.31 Å². The van der Waals surface area contributed by atoms with Crippen molar-refractivity contribution in [2.75, 3.05) is 18.8 Å². The maximum absolute atomic E-state index is 12.7. The smallest absolute Gasteiger partial charge is 0.243 e. The van der Waals surface area contributed by atoms with Crippen LogP contribution in [0, 0.1) is 12.3 Å². The molecule has 4 nitrogen and oxygen atoms in total. The highest BCUT2D eigenvalue weighted by atomic mass is 32.2. The van der Waals surface area contributed by atoms with Gasteiger partial charge in [0.25, 0.3) is 0 Å². The average Bonchev–Trinajstić information content (AvgIpc) is 2.46. The fourth-order valence-corrected chi connectivity index (χ4v) is 4.81. The molecule has 1 fully saturated rings. The number of aryl methyl sites for hydroxylation is 1. The molecule has 2 rings (SSSR count). The molecule has 0 aliphatic carbocycles. The molecule has 5 heteroatoms. The summed E-state index contributed by atoms with van der Waals surface area (Å²) in [6.45, 7) is 7.49. The summed E-state index contributed by atoms with van der Waals surface area (Å²) in [7, 11) is -3.42. The van der Waals surface area contributed by atoms with Gasteiger partial charge in [-0.3, -0.25) is 0 Å². The van der Waals surface area contributed by atoms with E-state index in [-0.39, 0.29) is 0 Å². The lowest BCUT2D eigenvalue weighted by Crippen LogP contribution is -2.42. The van der Waals surface area contributed by atoms with Gasteiger partial charge in [0.2, 0.25) is 10.0 Å². The predicted octanol–water partition coefficient (Wildman–Crippen LogP) is 3.17. The maximum atomic E-state index is 12.7. The van der Waals surface area contributed by atoms with Crippen LogP contribution in [0.2, 0.25) is 0 Å². The van der Waals surface area contributed by atoms with Gasteiger partial charge in [-0.15, -0.1) is 0 Å². The Hall–Kier alpha value is -1.07. The molecule has 1 heterocycles. The van der Waals surface area contributed by atoms with Gasteiger partial charge < -0.3 is 5.73 Å². The van der Waals surface area contributed by atoms with Crippen LogP contribution in [0.5, 0.6) is 0 Å².